The van der Waals surface area contributed by atoms with E-state index in [2.05, 4.69) is 10.2 Å². The zero-order valence-corrected chi connectivity index (χ0v) is 12.3. The van der Waals surface area contributed by atoms with Gasteiger partial charge < -0.3 is 4.85 Å². The summed E-state index contributed by atoms with van der Waals surface area (Å²) in [6.07, 6.45) is -0.0757. The molecule has 1 aromatic rings. The minimum Gasteiger partial charge on any atom is -0.317 e. The van der Waals surface area contributed by atoms with Crippen molar-refractivity contribution in [2.45, 2.75) is 19.3 Å². The predicted octanol–water partition coefficient (Wildman–Crippen LogP) is 1.87. The average molecular weight is 310 g/mol. The Balaban J connectivity index is 2.46. The molecule has 23 heavy (non-hydrogen) atoms. The van der Waals surface area contributed by atoms with E-state index in [0.717, 1.165) is 4.90 Å². The molecule has 1 N–H and O–H groups in total. The molecular weight excluding hydrogens is 296 g/mol. The van der Waals surface area contributed by atoms with Crippen molar-refractivity contribution in [3.63, 3.8) is 0 Å². The van der Waals surface area contributed by atoms with E-state index in [1.807, 2.05) is 6.07 Å². The first-order chi connectivity index (χ1) is 11.1. The van der Waals surface area contributed by atoms with Crippen LogP contribution in [0.15, 0.2) is 30.3 Å². The number of nitrogens with one attached hydrogen (secondary N) is 1. The van der Waals surface area contributed by atoms with Crippen molar-refractivity contribution in [1.29, 1.82) is 5.26 Å². The Morgan fingerprint density at radius 3 is 2.52 bits per heavy atom. The van der Waals surface area contributed by atoms with E-state index in [-0.39, 0.29) is 25.8 Å². The molecule has 0 radical (unpaired) electrons. The Bertz CT molecular complexity index is 697. The Hall–Kier alpha value is -3.19. The number of benzene rings is 1. The van der Waals surface area contributed by atoms with Crippen molar-refractivity contribution in [3.8, 4) is 6.07 Å². The molecule has 1 aliphatic heterocycles. The van der Waals surface area contributed by atoms with Crippen molar-refractivity contribution >= 4 is 23.5 Å². The van der Waals surface area contributed by atoms with Gasteiger partial charge in [-0.05, 0) is 18.6 Å². The number of hydrogen-bond donors (Lipinski definition) is 1. The number of anilines is 1. The summed E-state index contributed by atoms with van der Waals surface area (Å²) in [7, 11) is 0. The smallest absolute Gasteiger partial charge is 0.317 e. The molecular formula is C16H14N4O3. The SMILES string of the molecule is [C-]#[N+]CCC1(CCC#N)C(=O)NC(=O)N(c2ccccc2)C1=O. The fraction of sp³-hybridized carbons (Fsp3) is 0.312. The molecule has 1 aliphatic rings. The number of barbiturate groups is 1. The molecule has 2 rings (SSSR count). The summed E-state index contributed by atoms with van der Waals surface area (Å²) in [4.78, 5) is 41.5. The minimum atomic E-state index is -1.57. The number of nitriles is 1. The van der Waals surface area contributed by atoms with Gasteiger partial charge in [-0.2, -0.15) is 5.26 Å². The van der Waals surface area contributed by atoms with Crippen LogP contribution in [0.25, 0.3) is 4.85 Å². The van der Waals surface area contributed by atoms with Gasteiger partial charge in [-0.3, -0.25) is 14.9 Å². The third-order valence-corrected chi connectivity index (χ3v) is 3.80. The van der Waals surface area contributed by atoms with Crippen molar-refractivity contribution in [2.24, 2.45) is 5.41 Å². The number of amides is 4. The lowest BCUT2D eigenvalue weighted by Crippen LogP contribution is -2.64. The normalized spacial score (nSPS) is 20.6. The highest BCUT2D eigenvalue weighted by Crippen LogP contribution is 2.36. The fourth-order valence-corrected chi connectivity index (χ4v) is 2.57. The van der Waals surface area contributed by atoms with Gasteiger partial charge in [0.1, 0.15) is 5.41 Å². The van der Waals surface area contributed by atoms with Gasteiger partial charge in [0, 0.05) is 12.8 Å². The molecule has 1 heterocycles. The van der Waals surface area contributed by atoms with Crippen molar-refractivity contribution in [3.05, 3.63) is 41.7 Å². The molecule has 7 heteroatoms. The second-order valence-corrected chi connectivity index (χ2v) is 5.11. The number of urea groups is 1. The Kier molecular flexibility index (Phi) is 4.72. The van der Waals surface area contributed by atoms with Gasteiger partial charge in [0.25, 0.3) is 5.91 Å². The third kappa shape index (κ3) is 2.90. The molecule has 1 unspecified atom stereocenters. The van der Waals surface area contributed by atoms with Crippen LogP contribution in [-0.4, -0.2) is 24.4 Å². The molecule has 1 fully saturated rings. The number of carbonyl (C=O) groups is 3. The van der Waals surface area contributed by atoms with E-state index in [1.165, 1.54) is 0 Å². The van der Waals surface area contributed by atoms with Crippen molar-refractivity contribution < 1.29 is 14.4 Å². The zero-order chi connectivity index (χ0) is 16.9. The summed E-state index contributed by atoms with van der Waals surface area (Å²) < 4.78 is 0. The van der Waals surface area contributed by atoms with E-state index in [1.54, 1.807) is 30.3 Å². The molecule has 0 bridgehead atoms. The van der Waals surface area contributed by atoms with Crippen LogP contribution < -0.4 is 10.2 Å². The van der Waals surface area contributed by atoms with Gasteiger partial charge in [0.15, 0.2) is 0 Å². The van der Waals surface area contributed by atoms with Gasteiger partial charge in [-0.15, -0.1) is 0 Å². The first-order valence-corrected chi connectivity index (χ1v) is 7.02. The second kappa shape index (κ2) is 6.71. The Morgan fingerprint density at radius 2 is 1.91 bits per heavy atom. The molecule has 1 aromatic carbocycles. The van der Waals surface area contributed by atoms with Crippen LogP contribution in [0, 0.1) is 23.3 Å². The van der Waals surface area contributed by atoms with Crippen LogP contribution >= 0.6 is 0 Å². The average Bonchev–Trinajstić information content (AvgIpc) is 2.55. The molecule has 0 saturated carbocycles. The number of nitrogens with zero attached hydrogens (tertiary/aromatic N) is 3. The Labute approximate surface area is 133 Å². The zero-order valence-electron chi connectivity index (χ0n) is 12.3. The van der Waals surface area contributed by atoms with Crippen molar-refractivity contribution in [1.82, 2.24) is 5.32 Å². The highest BCUT2D eigenvalue weighted by Gasteiger charge is 2.54. The lowest BCUT2D eigenvalue weighted by atomic mass is 9.76. The Morgan fingerprint density at radius 1 is 1.22 bits per heavy atom. The van der Waals surface area contributed by atoms with Gasteiger partial charge in [0.2, 0.25) is 12.5 Å². The van der Waals surface area contributed by atoms with Crippen LogP contribution in [0.3, 0.4) is 0 Å². The van der Waals surface area contributed by atoms with Crippen LogP contribution in [0.4, 0.5) is 10.5 Å². The van der Waals surface area contributed by atoms with Crippen LogP contribution in [0.2, 0.25) is 0 Å². The highest BCUT2D eigenvalue weighted by atomic mass is 16.2. The molecule has 0 aliphatic carbocycles. The summed E-state index contributed by atoms with van der Waals surface area (Å²) in [5.74, 6) is -1.42. The molecule has 0 spiro atoms. The number of carbonyl (C=O) groups excluding carboxylic acids is 3. The monoisotopic (exact) mass is 310 g/mol. The summed E-state index contributed by atoms with van der Waals surface area (Å²) in [6, 6.07) is 9.33. The van der Waals surface area contributed by atoms with E-state index < -0.39 is 23.3 Å². The standard InChI is InChI=1S/C16H14N4O3/c1-18-11-9-16(8-5-10-17)13(21)19-15(23)20(14(16)22)12-6-3-2-4-7-12/h2-4,6-7H,5,8-9,11H2,(H,19,21,23). The summed E-state index contributed by atoms with van der Waals surface area (Å²) in [5, 5.41) is 11.0. The van der Waals surface area contributed by atoms with E-state index >= 15 is 0 Å². The second-order valence-electron chi connectivity index (χ2n) is 5.11. The van der Waals surface area contributed by atoms with E-state index in [0.29, 0.717) is 5.69 Å². The maximum atomic E-state index is 12.9. The van der Waals surface area contributed by atoms with Crippen LogP contribution in [0.1, 0.15) is 19.3 Å². The minimum absolute atomic E-state index is 0.0199. The third-order valence-electron chi connectivity index (χ3n) is 3.80. The highest BCUT2D eigenvalue weighted by molar-refractivity contribution is 6.29. The quantitative estimate of drug-likeness (QED) is 0.663. The number of hydrogen-bond acceptors (Lipinski definition) is 4. The maximum absolute atomic E-state index is 12.9. The van der Waals surface area contributed by atoms with Crippen LogP contribution in [-0.2, 0) is 9.59 Å². The molecule has 0 aromatic heterocycles. The van der Waals surface area contributed by atoms with Gasteiger partial charge in [-0.25, -0.2) is 16.3 Å². The van der Waals surface area contributed by atoms with Crippen molar-refractivity contribution in [2.75, 3.05) is 11.4 Å². The lowest BCUT2D eigenvalue weighted by Gasteiger charge is -2.38. The number of imide groups is 2. The fourth-order valence-electron chi connectivity index (χ4n) is 2.57. The number of para-hydroxylation sites is 1. The topological polar surface area (TPSA) is 94.6 Å². The first kappa shape index (κ1) is 16.2. The number of rotatable bonds is 5. The first-order valence-electron chi connectivity index (χ1n) is 7.02. The molecule has 4 amide bonds. The largest absolute Gasteiger partial charge is 0.335 e. The van der Waals surface area contributed by atoms with Crippen LogP contribution in [0.5, 0.6) is 0 Å². The molecule has 1 saturated heterocycles. The maximum Gasteiger partial charge on any atom is 0.335 e. The van der Waals surface area contributed by atoms with Gasteiger partial charge in [0.05, 0.1) is 11.8 Å². The summed E-state index contributed by atoms with van der Waals surface area (Å²) in [5.41, 5.74) is -1.23. The predicted molar refractivity (Wildman–Crippen MR) is 80.8 cm³/mol. The van der Waals surface area contributed by atoms with Gasteiger partial charge >= 0.3 is 6.03 Å². The molecule has 7 nitrogen and oxygen atoms in total. The summed E-state index contributed by atoms with van der Waals surface area (Å²) in [6.45, 7) is 6.87. The van der Waals surface area contributed by atoms with E-state index in [4.69, 9.17) is 11.8 Å². The lowest BCUT2D eigenvalue weighted by molar-refractivity contribution is -0.143. The molecule has 1 atom stereocenters. The molecule has 116 valence electrons. The van der Waals surface area contributed by atoms with Gasteiger partial charge in [-0.1, -0.05) is 18.2 Å². The summed E-state index contributed by atoms with van der Waals surface area (Å²) >= 11 is 0. The van der Waals surface area contributed by atoms with E-state index in [9.17, 15) is 14.4 Å².